The maximum Gasteiger partial charge on any atom is 0.241 e. The number of carbonyl (C=O) groups is 1. The third kappa shape index (κ3) is 4.93. The Kier molecular flexibility index (Phi) is 6.87. The first kappa shape index (κ1) is 25.9. The number of nitrogens with zero attached hydrogens (tertiary/aromatic N) is 4. The molecule has 0 spiro atoms. The monoisotopic (exact) mass is 554 g/mol. The molecule has 0 saturated heterocycles. The predicted octanol–water partition coefficient (Wildman–Crippen LogP) is 7.67. The zero-order valence-corrected chi connectivity index (χ0v) is 24.1. The van der Waals surface area contributed by atoms with E-state index >= 15 is 0 Å². The number of pyridine rings is 1. The highest BCUT2D eigenvalue weighted by atomic mass is 32.2. The maximum atomic E-state index is 13.6. The molecule has 0 bridgehead atoms. The Labute approximate surface area is 236 Å². The summed E-state index contributed by atoms with van der Waals surface area (Å²) < 4.78 is 7.17. The average molecular weight is 555 g/mol. The van der Waals surface area contributed by atoms with Gasteiger partial charge in [0.1, 0.15) is 16.2 Å². The van der Waals surface area contributed by atoms with Crippen LogP contribution in [0, 0.1) is 0 Å². The number of amides is 1. The van der Waals surface area contributed by atoms with Gasteiger partial charge >= 0.3 is 0 Å². The van der Waals surface area contributed by atoms with E-state index in [-0.39, 0.29) is 23.2 Å². The van der Waals surface area contributed by atoms with Gasteiger partial charge in [0.15, 0.2) is 0 Å². The van der Waals surface area contributed by atoms with Gasteiger partial charge in [-0.25, -0.2) is 15.0 Å². The van der Waals surface area contributed by atoms with Crippen LogP contribution in [-0.2, 0) is 22.6 Å². The lowest BCUT2D eigenvalue weighted by atomic mass is 9.87. The number of ether oxygens (including phenoxy) is 1. The summed E-state index contributed by atoms with van der Waals surface area (Å²) in [6.07, 6.45) is 2.42. The second-order valence-corrected chi connectivity index (χ2v) is 12.6. The Bertz CT molecular complexity index is 1630. The van der Waals surface area contributed by atoms with E-state index in [4.69, 9.17) is 14.7 Å². The first-order valence-corrected chi connectivity index (χ1v) is 14.9. The van der Waals surface area contributed by atoms with Crippen molar-refractivity contribution in [1.29, 1.82) is 0 Å². The van der Waals surface area contributed by atoms with Crippen LogP contribution in [-0.4, -0.2) is 32.2 Å². The molecule has 6 rings (SSSR count). The number of fused-ring (bicyclic) bond motifs is 5. The van der Waals surface area contributed by atoms with E-state index in [0.717, 1.165) is 48.9 Å². The standard InChI is InChI=1S/C31H30N4O2S2/c1-19(2)26-23-16-37-31(3,4)15-22(23)25-27-28(39-29(25)34-26)30(33-18-32-27)38-17-24(36)35(20-11-7-5-8-12-20)21-13-9-6-10-14-21/h5-14,18-19H,15-17H2,1-4H3. The molecule has 5 aromatic rings. The van der Waals surface area contributed by atoms with Gasteiger partial charge in [0, 0.05) is 28.7 Å². The third-order valence-corrected chi connectivity index (χ3v) is 9.17. The lowest BCUT2D eigenvalue weighted by molar-refractivity contribution is -0.115. The van der Waals surface area contributed by atoms with Crippen molar-refractivity contribution in [3.63, 3.8) is 0 Å². The van der Waals surface area contributed by atoms with Gasteiger partial charge in [-0.15, -0.1) is 11.3 Å². The lowest BCUT2D eigenvalue weighted by Crippen LogP contribution is -2.32. The molecule has 6 nitrogen and oxygen atoms in total. The van der Waals surface area contributed by atoms with E-state index in [1.165, 1.54) is 22.9 Å². The molecule has 0 unspecified atom stereocenters. The van der Waals surface area contributed by atoms with Crippen molar-refractivity contribution >= 4 is 60.8 Å². The summed E-state index contributed by atoms with van der Waals surface area (Å²) in [7, 11) is 0. The summed E-state index contributed by atoms with van der Waals surface area (Å²) in [4.78, 5) is 30.8. The average Bonchev–Trinajstić information content (AvgIpc) is 3.32. The van der Waals surface area contributed by atoms with Crippen LogP contribution in [0.2, 0.25) is 0 Å². The molecule has 0 atom stereocenters. The van der Waals surface area contributed by atoms with Crippen LogP contribution >= 0.6 is 23.1 Å². The van der Waals surface area contributed by atoms with Crippen molar-refractivity contribution in [3.05, 3.63) is 83.8 Å². The van der Waals surface area contributed by atoms with E-state index in [9.17, 15) is 4.79 Å². The summed E-state index contributed by atoms with van der Waals surface area (Å²) in [6, 6.07) is 19.5. The van der Waals surface area contributed by atoms with Crippen LogP contribution in [0.15, 0.2) is 72.0 Å². The predicted molar refractivity (Wildman–Crippen MR) is 160 cm³/mol. The van der Waals surface area contributed by atoms with Crippen molar-refractivity contribution in [3.8, 4) is 0 Å². The van der Waals surface area contributed by atoms with E-state index in [1.807, 2.05) is 60.7 Å². The fourth-order valence-electron chi connectivity index (χ4n) is 5.18. The van der Waals surface area contributed by atoms with Crippen molar-refractivity contribution in [2.45, 2.75) is 57.3 Å². The number of rotatable bonds is 6. The van der Waals surface area contributed by atoms with Crippen LogP contribution in [0.1, 0.15) is 50.4 Å². The van der Waals surface area contributed by atoms with Gasteiger partial charge < -0.3 is 4.74 Å². The molecular weight excluding hydrogens is 525 g/mol. The molecule has 3 aromatic heterocycles. The number of benzene rings is 2. The number of para-hydroxylation sites is 2. The minimum absolute atomic E-state index is 0.0122. The van der Waals surface area contributed by atoms with Crippen LogP contribution in [0.4, 0.5) is 11.4 Å². The summed E-state index contributed by atoms with van der Waals surface area (Å²) in [5.74, 6) is 0.521. The molecule has 0 saturated carbocycles. The summed E-state index contributed by atoms with van der Waals surface area (Å²) in [5.41, 5.74) is 5.92. The van der Waals surface area contributed by atoms with E-state index in [0.29, 0.717) is 6.61 Å². The normalized spacial score (nSPS) is 14.6. The Morgan fingerprint density at radius 1 is 1.03 bits per heavy atom. The van der Waals surface area contributed by atoms with Gasteiger partial charge in [-0.1, -0.05) is 62.0 Å². The maximum absolute atomic E-state index is 13.6. The zero-order valence-electron chi connectivity index (χ0n) is 22.5. The Hall–Kier alpha value is -3.33. The second-order valence-electron chi connectivity index (χ2n) is 10.7. The number of thiophene rings is 1. The number of hydrogen-bond acceptors (Lipinski definition) is 7. The molecule has 39 heavy (non-hydrogen) atoms. The largest absolute Gasteiger partial charge is 0.370 e. The highest BCUT2D eigenvalue weighted by molar-refractivity contribution is 8.00. The van der Waals surface area contributed by atoms with Crippen molar-refractivity contribution < 1.29 is 9.53 Å². The van der Waals surface area contributed by atoms with E-state index in [2.05, 4.69) is 32.7 Å². The SMILES string of the molecule is CC(C)c1nc2sc3c(SCC(=O)N(c4ccccc4)c4ccccc4)ncnc3c2c2c1COC(C)(C)C2. The molecule has 0 fully saturated rings. The molecule has 2 aromatic carbocycles. The minimum atomic E-state index is -0.251. The fourth-order valence-corrected chi connectivity index (χ4v) is 7.27. The first-order chi connectivity index (χ1) is 18.8. The van der Waals surface area contributed by atoms with Crippen molar-refractivity contribution in [2.24, 2.45) is 0 Å². The molecule has 0 N–H and O–H groups in total. The summed E-state index contributed by atoms with van der Waals surface area (Å²) in [6.45, 7) is 9.20. The van der Waals surface area contributed by atoms with Crippen LogP contribution in [0.25, 0.3) is 20.4 Å². The van der Waals surface area contributed by atoms with Crippen molar-refractivity contribution in [1.82, 2.24) is 15.0 Å². The summed E-state index contributed by atoms with van der Waals surface area (Å²) in [5, 5.41) is 1.92. The van der Waals surface area contributed by atoms with Crippen molar-refractivity contribution in [2.75, 3.05) is 10.7 Å². The third-order valence-electron chi connectivity index (χ3n) is 6.98. The number of carbonyl (C=O) groups excluding carboxylic acids is 1. The molecule has 0 aliphatic carbocycles. The molecule has 0 radical (unpaired) electrons. The fraction of sp³-hybridized carbons (Fsp3) is 0.290. The second kappa shape index (κ2) is 10.3. The van der Waals surface area contributed by atoms with Crippen LogP contribution in [0.5, 0.6) is 0 Å². The van der Waals surface area contributed by atoms with Crippen LogP contribution < -0.4 is 4.90 Å². The Morgan fingerprint density at radius 3 is 2.33 bits per heavy atom. The van der Waals surface area contributed by atoms with Gasteiger partial charge in [0.05, 0.1) is 33.9 Å². The molecule has 1 aliphatic heterocycles. The number of hydrogen-bond donors (Lipinski definition) is 0. The van der Waals surface area contributed by atoms with E-state index in [1.54, 1.807) is 22.6 Å². The summed E-state index contributed by atoms with van der Waals surface area (Å²) >= 11 is 3.08. The van der Waals surface area contributed by atoms with Gasteiger partial charge in [-0.05, 0) is 49.6 Å². The Balaban J connectivity index is 1.39. The molecule has 8 heteroatoms. The molecule has 1 amide bonds. The highest BCUT2D eigenvalue weighted by Gasteiger charge is 2.32. The minimum Gasteiger partial charge on any atom is -0.370 e. The zero-order chi connectivity index (χ0) is 27.1. The topological polar surface area (TPSA) is 68.2 Å². The van der Waals surface area contributed by atoms with E-state index < -0.39 is 0 Å². The molecular formula is C31H30N4O2S2. The smallest absolute Gasteiger partial charge is 0.241 e. The first-order valence-electron chi connectivity index (χ1n) is 13.1. The molecule has 1 aliphatic rings. The Morgan fingerprint density at radius 2 is 1.69 bits per heavy atom. The molecule has 4 heterocycles. The quantitative estimate of drug-likeness (QED) is 0.158. The lowest BCUT2D eigenvalue weighted by Gasteiger charge is -2.33. The highest BCUT2D eigenvalue weighted by Crippen LogP contribution is 2.43. The molecule has 198 valence electrons. The van der Waals surface area contributed by atoms with Gasteiger partial charge in [-0.3, -0.25) is 9.69 Å². The van der Waals surface area contributed by atoms with Crippen LogP contribution in [0.3, 0.4) is 0 Å². The number of anilines is 2. The number of thioether (sulfide) groups is 1. The van der Waals surface area contributed by atoms with Gasteiger partial charge in [-0.2, -0.15) is 0 Å². The number of aromatic nitrogens is 3. The van der Waals surface area contributed by atoms with Gasteiger partial charge in [0.25, 0.3) is 0 Å². The van der Waals surface area contributed by atoms with Gasteiger partial charge in [0.2, 0.25) is 5.91 Å².